The molecular formula is C28H30N2O5. The summed E-state index contributed by atoms with van der Waals surface area (Å²) in [7, 11) is 1.59. The maximum atomic E-state index is 13.1. The van der Waals surface area contributed by atoms with E-state index in [4.69, 9.17) is 4.74 Å². The fourth-order valence-electron chi connectivity index (χ4n) is 5.68. The number of alkyl carbamates (subject to hydrolysis) is 1. The van der Waals surface area contributed by atoms with Gasteiger partial charge in [0, 0.05) is 18.9 Å². The summed E-state index contributed by atoms with van der Waals surface area (Å²) < 4.78 is 5.64. The lowest BCUT2D eigenvalue weighted by Crippen LogP contribution is -2.61. The topological polar surface area (TPSA) is 95.9 Å². The van der Waals surface area contributed by atoms with Crippen LogP contribution in [0, 0.1) is 5.92 Å². The number of nitrogens with one attached hydrogen (secondary N) is 1. The molecule has 0 radical (unpaired) electrons. The molecule has 2 atom stereocenters. The number of benzene rings is 2. The zero-order chi connectivity index (χ0) is 24.6. The summed E-state index contributed by atoms with van der Waals surface area (Å²) in [5, 5.41) is 12.5. The van der Waals surface area contributed by atoms with Crippen LogP contribution in [-0.2, 0) is 14.3 Å². The summed E-state index contributed by atoms with van der Waals surface area (Å²) in [4.78, 5) is 39.0. The largest absolute Gasteiger partial charge is 0.479 e. The van der Waals surface area contributed by atoms with Crippen LogP contribution in [0.25, 0.3) is 11.1 Å². The van der Waals surface area contributed by atoms with Crippen LogP contribution in [0.4, 0.5) is 4.79 Å². The highest BCUT2D eigenvalue weighted by Gasteiger charge is 2.50. The van der Waals surface area contributed by atoms with Crippen molar-refractivity contribution in [3.05, 3.63) is 71.8 Å². The number of carbonyl (C=O) groups is 3. The number of carboxylic acids is 1. The molecule has 5 rings (SSSR count). The van der Waals surface area contributed by atoms with Gasteiger partial charge in [-0.1, -0.05) is 60.7 Å². The number of likely N-dealkylation sites (N-methyl/N-ethyl adjacent to an activating group) is 1. The SMILES string of the molecule is CN(C(=O)[C@@H]1CC=C[C@@H](NC(=O)OCC2c3ccccc3-c3ccccc32)C1)C1(C(=O)O)CCC1. The number of rotatable bonds is 6. The van der Waals surface area contributed by atoms with Crippen molar-refractivity contribution in [3.8, 4) is 11.1 Å². The lowest BCUT2D eigenvalue weighted by Gasteiger charge is -2.46. The number of ether oxygens (including phenoxy) is 1. The molecule has 1 saturated carbocycles. The molecule has 7 heteroatoms. The van der Waals surface area contributed by atoms with Crippen LogP contribution in [0.5, 0.6) is 0 Å². The number of hydrogen-bond acceptors (Lipinski definition) is 4. The maximum Gasteiger partial charge on any atom is 0.407 e. The number of allylic oxidation sites excluding steroid dienone is 1. The monoisotopic (exact) mass is 474 g/mol. The highest BCUT2D eigenvalue weighted by Crippen LogP contribution is 2.44. The second-order valence-corrected chi connectivity index (χ2v) is 9.76. The molecule has 0 saturated heterocycles. The Morgan fingerprint density at radius 1 is 1.06 bits per heavy atom. The van der Waals surface area contributed by atoms with Crippen LogP contribution in [0.3, 0.4) is 0 Å². The van der Waals surface area contributed by atoms with E-state index in [9.17, 15) is 19.5 Å². The van der Waals surface area contributed by atoms with Crippen molar-refractivity contribution < 1.29 is 24.2 Å². The van der Waals surface area contributed by atoms with Crippen LogP contribution in [-0.4, -0.2) is 53.2 Å². The average Bonchev–Trinajstić information content (AvgIpc) is 3.15. The first-order valence-electron chi connectivity index (χ1n) is 12.2. The third-order valence-corrected chi connectivity index (χ3v) is 7.88. The van der Waals surface area contributed by atoms with Gasteiger partial charge in [0.15, 0.2) is 0 Å². The number of hydrogen-bond donors (Lipinski definition) is 2. The highest BCUT2D eigenvalue weighted by molar-refractivity contribution is 5.89. The summed E-state index contributed by atoms with van der Waals surface area (Å²) in [5.41, 5.74) is 3.55. The van der Waals surface area contributed by atoms with Crippen molar-refractivity contribution in [1.29, 1.82) is 0 Å². The summed E-state index contributed by atoms with van der Waals surface area (Å²) in [5.74, 6) is -1.52. The standard InChI is InChI=1S/C28H30N2O5/c1-30(28(26(32)33)14-7-15-28)25(31)18-8-6-9-19(16-18)29-27(34)35-17-24-22-12-4-2-10-20(22)21-11-3-5-13-23(21)24/h2-6,9-13,18-19,24H,7-8,14-17H2,1H3,(H,29,34)(H,32,33)/t18-,19-/m1/s1. The fourth-order valence-corrected chi connectivity index (χ4v) is 5.68. The molecule has 2 aromatic carbocycles. The zero-order valence-corrected chi connectivity index (χ0v) is 19.8. The molecule has 1 fully saturated rings. The van der Waals surface area contributed by atoms with Crippen LogP contribution >= 0.6 is 0 Å². The Hall–Kier alpha value is -3.61. The fraction of sp³-hybridized carbons (Fsp3) is 0.393. The van der Waals surface area contributed by atoms with Gasteiger partial charge < -0.3 is 20.1 Å². The number of amides is 2. The van der Waals surface area contributed by atoms with E-state index in [1.165, 1.54) is 16.0 Å². The molecule has 2 N–H and O–H groups in total. The van der Waals surface area contributed by atoms with Crippen LogP contribution in [0.1, 0.15) is 49.1 Å². The number of carbonyl (C=O) groups excluding carboxylic acids is 2. The van der Waals surface area contributed by atoms with Gasteiger partial charge in [-0.2, -0.15) is 0 Å². The van der Waals surface area contributed by atoms with Crippen molar-refractivity contribution in [2.75, 3.05) is 13.7 Å². The number of nitrogens with zero attached hydrogens (tertiary/aromatic N) is 1. The van der Waals surface area contributed by atoms with E-state index in [0.29, 0.717) is 25.7 Å². The first kappa shape index (κ1) is 23.1. The Kier molecular flexibility index (Phi) is 6.09. The molecule has 3 aliphatic rings. The first-order chi connectivity index (χ1) is 16.9. The molecule has 0 aromatic heterocycles. The van der Waals surface area contributed by atoms with Crippen LogP contribution in [0.2, 0.25) is 0 Å². The van der Waals surface area contributed by atoms with Gasteiger partial charge in [-0.05, 0) is 54.4 Å². The molecule has 0 unspecified atom stereocenters. The van der Waals surface area contributed by atoms with E-state index in [2.05, 4.69) is 29.6 Å². The van der Waals surface area contributed by atoms with E-state index in [0.717, 1.165) is 17.5 Å². The Morgan fingerprint density at radius 3 is 2.26 bits per heavy atom. The molecule has 7 nitrogen and oxygen atoms in total. The minimum absolute atomic E-state index is 0.0206. The predicted molar refractivity (Wildman–Crippen MR) is 131 cm³/mol. The lowest BCUT2D eigenvalue weighted by atomic mass is 9.74. The van der Waals surface area contributed by atoms with Crippen molar-refractivity contribution in [2.24, 2.45) is 5.92 Å². The molecule has 2 aromatic rings. The average molecular weight is 475 g/mol. The van der Waals surface area contributed by atoms with E-state index in [-0.39, 0.29) is 30.4 Å². The summed E-state index contributed by atoms with van der Waals surface area (Å²) in [6, 6.07) is 16.0. The highest BCUT2D eigenvalue weighted by atomic mass is 16.5. The molecule has 182 valence electrons. The van der Waals surface area contributed by atoms with Gasteiger partial charge in [0.2, 0.25) is 5.91 Å². The smallest absolute Gasteiger partial charge is 0.407 e. The number of fused-ring (bicyclic) bond motifs is 3. The Bertz CT molecular complexity index is 1140. The zero-order valence-electron chi connectivity index (χ0n) is 19.8. The van der Waals surface area contributed by atoms with Gasteiger partial charge in [0.1, 0.15) is 12.1 Å². The third-order valence-electron chi connectivity index (χ3n) is 7.88. The second kappa shape index (κ2) is 9.21. The van der Waals surface area contributed by atoms with Crippen LogP contribution < -0.4 is 5.32 Å². The number of aliphatic carboxylic acids is 1. The number of carboxylic acid groups (broad SMARTS) is 1. The van der Waals surface area contributed by atoms with Gasteiger partial charge in [0.05, 0.1) is 6.04 Å². The normalized spacial score (nSPS) is 21.9. The maximum absolute atomic E-state index is 13.1. The molecule has 2 amide bonds. The van der Waals surface area contributed by atoms with E-state index in [1.54, 1.807) is 7.05 Å². The molecule has 0 spiro atoms. The first-order valence-corrected chi connectivity index (χ1v) is 12.2. The van der Waals surface area contributed by atoms with Gasteiger partial charge in [-0.3, -0.25) is 4.79 Å². The molecule has 0 aliphatic heterocycles. The summed E-state index contributed by atoms with van der Waals surface area (Å²) in [6.07, 6.45) is 5.94. The van der Waals surface area contributed by atoms with Crippen molar-refractivity contribution in [3.63, 3.8) is 0 Å². The lowest BCUT2D eigenvalue weighted by molar-refractivity contribution is -0.166. The van der Waals surface area contributed by atoms with Gasteiger partial charge in [-0.25, -0.2) is 9.59 Å². The quantitative estimate of drug-likeness (QED) is 0.608. The summed E-state index contributed by atoms with van der Waals surface area (Å²) in [6.45, 7) is 0.225. The second-order valence-electron chi connectivity index (χ2n) is 9.76. The summed E-state index contributed by atoms with van der Waals surface area (Å²) >= 11 is 0. The van der Waals surface area contributed by atoms with Gasteiger partial charge in [0.25, 0.3) is 0 Å². The van der Waals surface area contributed by atoms with Crippen molar-refractivity contribution >= 4 is 18.0 Å². The van der Waals surface area contributed by atoms with E-state index in [1.807, 2.05) is 36.4 Å². The molecular weight excluding hydrogens is 444 g/mol. The van der Waals surface area contributed by atoms with Crippen molar-refractivity contribution in [2.45, 2.75) is 49.6 Å². The Labute approximate surface area is 204 Å². The molecule has 0 bridgehead atoms. The van der Waals surface area contributed by atoms with Gasteiger partial charge in [-0.15, -0.1) is 0 Å². The van der Waals surface area contributed by atoms with Crippen LogP contribution in [0.15, 0.2) is 60.7 Å². The Balaban J connectivity index is 1.19. The Morgan fingerprint density at radius 2 is 1.69 bits per heavy atom. The minimum Gasteiger partial charge on any atom is -0.479 e. The minimum atomic E-state index is -1.09. The van der Waals surface area contributed by atoms with Crippen molar-refractivity contribution in [1.82, 2.24) is 10.2 Å². The molecule has 35 heavy (non-hydrogen) atoms. The molecule has 3 aliphatic carbocycles. The third kappa shape index (κ3) is 4.09. The van der Waals surface area contributed by atoms with E-state index >= 15 is 0 Å². The molecule has 0 heterocycles. The predicted octanol–water partition coefficient (Wildman–Crippen LogP) is 4.33. The van der Waals surface area contributed by atoms with Gasteiger partial charge >= 0.3 is 12.1 Å². The van der Waals surface area contributed by atoms with E-state index < -0.39 is 17.6 Å².